The maximum atomic E-state index is 6.21. The summed E-state index contributed by atoms with van der Waals surface area (Å²) in [5.41, 5.74) is 3.28. The molecule has 1 N–H and O–H groups in total. The molecule has 0 aliphatic carbocycles. The molecule has 0 aliphatic rings. The fourth-order valence-corrected chi connectivity index (χ4v) is 3.36. The van der Waals surface area contributed by atoms with Gasteiger partial charge in [0.25, 0.3) is 0 Å². The van der Waals surface area contributed by atoms with Crippen LogP contribution in [0.25, 0.3) is 0 Å². The average Bonchev–Trinajstić information content (AvgIpc) is 2.70. The molecule has 0 atom stereocenters. The van der Waals surface area contributed by atoms with Crippen LogP contribution in [0.5, 0.6) is 11.5 Å². The first kappa shape index (κ1) is 19.7. The summed E-state index contributed by atoms with van der Waals surface area (Å²) in [6.45, 7) is 1.87. The molecule has 0 heterocycles. The number of methoxy groups -OCH3 is 1. The summed E-state index contributed by atoms with van der Waals surface area (Å²) in [5, 5.41) is 4.19. The summed E-state index contributed by atoms with van der Waals surface area (Å²) in [5.74, 6) is 1.42. The van der Waals surface area contributed by atoms with Gasteiger partial charge in [0, 0.05) is 22.6 Å². The van der Waals surface area contributed by atoms with Gasteiger partial charge >= 0.3 is 0 Å². The second kappa shape index (κ2) is 9.79. The van der Waals surface area contributed by atoms with Crippen LogP contribution >= 0.6 is 27.5 Å². The van der Waals surface area contributed by atoms with Crippen LogP contribution in [0.15, 0.2) is 71.2 Å². The number of hydrogen-bond donors (Lipinski definition) is 1. The lowest BCUT2D eigenvalue weighted by atomic mass is 10.1. The summed E-state index contributed by atoms with van der Waals surface area (Å²) < 4.78 is 12.4. The smallest absolute Gasteiger partial charge is 0.162 e. The molecule has 3 rings (SSSR count). The molecular formula is C22H21BrClNO2. The third-order valence-corrected chi connectivity index (χ3v) is 5.27. The Balaban J connectivity index is 1.65. The Hall–Kier alpha value is -2.01. The van der Waals surface area contributed by atoms with Crippen molar-refractivity contribution in [3.63, 3.8) is 0 Å². The summed E-state index contributed by atoms with van der Waals surface area (Å²) >= 11 is 9.84. The lowest BCUT2D eigenvalue weighted by molar-refractivity contribution is 0.284. The van der Waals surface area contributed by atoms with Crippen molar-refractivity contribution in [1.82, 2.24) is 5.32 Å². The van der Waals surface area contributed by atoms with Gasteiger partial charge in [0.1, 0.15) is 6.61 Å². The van der Waals surface area contributed by atoms with E-state index in [0.717, 1.165) is 26.2 Å². The van der Waals surface area contributed by atoms with Crippen LogP contribution in [0, 0.1) is 0 Å². The Kier molecular flexibility index (Phi) is 7.16. The van der Waals surface area contributed by atoms with E-state index in [2.05, 4.69) is 21.2 Å². The second-order valence-corrected chi connectivity index (χ2v) is 7.33. The molecule has 0 amide bonds. The summed E-state index contributed by atoms with van der Waals surface area (Å²) in [6.07, 6.45) is 0. The SMILES string of the molecule is COc1cc(CNCc2ccccc2Cl)c(Br)cc1OCc1ccccc1. The van der Waals surface area contributed by atoms with E-state index < -0.39 is 0 Å². The van der Waals surface area contributed by atoms with Crippen LogP contribution in [0.3, 0.4) is 0 Å². The van der Waals surface area contributed by atoms with E-state index in [0.29, 0.717) is 31.2 Å². The zero-order chi connectivity index (χ0) is 19.1. The van der Waals surface area contributed by atoms with Crippen LogP contribution in [-0.2, 0) is 19.7 Å². The van der Waals surface area contributed by atoms with Crippen molar-refractivity contribution in [2.45, 2.75) is 19.7 Å². The van der Waals surface area contributed by atoms with Crippen molar-refractivity contribution in [3.8, 4) is 11.5 Å². The molecule has 0 unspecified atom stereocenters. The summed E-state index contributed by atoms with van der Waals surface area (Å²) in [6, 6.07) is 21.8. The minimum absolute atomic E-state index is 0.494. The van der Waals surface area contributed by atoms with Crippen LogP contribution in [-0.4, -0.2) is 7.11 Å². The van der Waals surface area contributed by atoms with Crippen LogP contribution in [0.4, 0.5) is 0 Å². The van der Waals surface area contributed by atoms with Crippen molar-refractivity contribution in [1.29, 1.82) is 0 Å². The van der Waals surface area contributed by atoms with Gasteiger partial charge in [0.2, 0.25) is 0 Å². The lowest BCUT2D eigenvalue weighted by Crippen LogP contribution is -2.13. The highest BCUT2D eigenvalue weighted by molar-refractivity contribution is 9.10. The summed E-state index contributed by atoms with van der Waals surface area (Å²) in [4.78, 5) is 0. The molecule has 3 aromatic rings. The predicted octanol–water partition coefficient (Wildman–Crippen LogP) is 5.98. The lowest BCUT2D eigenvalue weighted by Gasteiger charge is -2.15. The van der Waals surface area contributed by atoms with Gasteiger partial charge in [-0.1, -0.05) is 76.1 Å². The van der Waals surface area contributed by atoms with Crippen molar-refractivity contribution in [2.75, 3.05) is 7.11 Å². The van der Waals surface area contributed by atoms with E-state index in [9.17, 15) is 0 Å². The standard InChI is InChI=1S/C22H21BrClNO2/c1-26-21-11-18(14-25-13-17-9-5-6-10-20(17)24)19(23)12-22(21)27-15-16-7-3-2-4-8-16/h2-12,25H,13-15H2,1H3. The third-order valence-electron chi connectivity index (χ3n) is 4.16. The first-order valence-electron chi connectivity index (χ1n) is 8.64. The van der Waals surface area contributed by atoms with E-state index in [-0.39, 0.29) is 0 Å². The molecule has 0 radical (unpaired) electrons. The zero-order valence-electron chi connectivity index (χ0n) is 15.0. The van der Waals surface area contributed by atoms with Gasteiger partial charge in [-0.15, -0.1) is 0 Å². The van der Waals surface area contributed by atoms with Crippen LogP contribution in [0.1, 0.15) is 16.7 Å². The van der Waals surface area contributed by atoms with Gasteiger partial charge < -0.3 is 14.8 Å². The molecule has 0 bridgehead atoms. The Labute approximate surface area is 173 Å². The normalized spacial score (nSPS) is 10.6. The van der Waals surface area contributed by atoms with Crippen molar-refractivity contribution in [3.05, 3.63) is 92.9 Å². The number of rotatable bonds is 8. The molecule has 0 saturated carbocycles. The Morgan fingerprint density at radius 3 is 2.33 bits per heavy atom. The Bertz CT molecular complexity index is 887. The van der Waals surface area contributed by atoms with E-state index in [1.165, 1.54) is 0 Å². The van der Waals surface area contributed by atoms with E-state index in [1.54, 1.807) is 7.11 Å². The van der Waals surface area contributed by atoms with Crippen LogP contribution in [0.2, 0.25) is 5.02 Å². The van der Waals surface area contributed by atoms with Gasteiger partial charge in [-0.3, -0.25) is 0 Å². The van der Waals surface area contributed by atoms with Crippen molar-refractivity contribution < 1.29 is 9.47 Å². The quantitative estimate of drug-likeness (QED) is 0.462. The van der Waals surface area contributed by atoms with Gasteiger partial charge in [-0.05, 0) is 34.9 Å². The van der Waals surface area contributed by atoms with Gasteiger partial charge in [0.15, 0.2) is 11.5 Å². The molecule has 3 nitrogen and oxygen atoms in total. The van der Waals surface area contributed by atoms with Gasteiger partial charge in [-0.25, -0.2) is 0 Å². The molecule has 5 heteroatoms. The highest BCUT2D eigenvalue weighted by atomic mass is 79.9. The molecular weight excluding hydrogens is 426 g/mol. The Morgan fingerprint density at radius 2 is 1.59 bits per heavy atom. The molecule has 0 aromatic heterocycles. The minimum Gasteiger partial charge on any atom is -0.493 e. The third kappa shape index (κ3) is 5.48. The second-order valence-electron chi connectivity index (χ2n) is 6.06. The number of halogens is 2. The molecule has 3 aromatic carbocycles. The first-order chi connectivity index (χ1) is 13.2. The Morgan fingerprint density at radius 1 is 0.889 bits per heavy atom. The monoisotopic (exact) mass is 445 g/mol. The van der Waals surface area contributed by atoms with Crippen LogP contribution < -0.4 is 14.8 Å². The topological polar surface area (TPSA) is 30.5 Å². The highest BCUT2D eigenvalue weighted by Crippen LogP contribution is 2.34. The van der Waals surface area contributed by atoms with Crippen molar-refractivity contribution in [2.24, 2.45) is 0 Å². The molecule has 0 fully saturated rings. The van der Waals surface area contributed by atoms with E-state index in [4.69, 9.17) is 21.1 Å². The maximum Gasteiger partial charge on any atom is 0.162 e. The minimum atomic E-state index is 0.494. The molecule has 0 aliphatic heterocycles. The largest absolute Gasteiger partial charge is 0.493 e. The first-order valence-corrected chi connectivity index (χ1v) is 9.81. The number of ether oxygens (including phenoxy) is 2. The van der Waals surface area contributed by atoms with E-state index in [1.807, 2.05) is 66.7 Å². The number of nitrogens with one attached hydrogen (secondary N) is 1. The number of hydrogen-bond acceptors (Lipinski definition) is 3. The average molecular weight is 447 g/mol. The van der Waals surface area contributed by atoms with Gasteiger partial charge in [0.05, 0.1) is 7.11 Å². The van der Waals surface area contributed by atoms with Gasteiger partial charge in [-0.2, -0.15) is 0 Å². The highest BCUT2D eigenvalue weighted by Gasteiger charge is 2.11. The number of benzene rings is 3. The van der Waals surface area contributed by atoms with Crippen molar-refractivity contribution >= 4 is 27.5 Å². The maximum absolute atomic E-state index is 6.21. The fourth-order valence-electron chi connectivity index (χ4n) is 2.69. The molecule has 27 heavy (non-hydrogen) atoms. The molecule has 0 saturated heterocycles. The summed E-state index contributed by atoms with van der Waals surface area (Å²) in [7, 11) is 1.65. The van der Waals surface area contributed by atoms with E-state index >= 15 is 0 Å². The fraction of sp³-hybridized carbons (Fsp3) is 0.182. The predicted molar refractivity (Wildman–Crippen MR) is 113 cm³/mol. The zero-order valence-corrected chi connectivity index (χ0v) is 17.4. The molecule has 0 spiro atoms. The molecule has 140 valence electrons.